The highest BCUT2D eigenvalue weighted by atomic mass is 16.4. The van der Waals surface area contributed by atoms with Crippen LogP contribution in [0.4, 0.5) is 0 Å². The van der Waals surface area contributed by atoms with Crippen molar-refractivity contribution in [2.75, 3.05) is 6.54 Å². The zero-order valence-corrected chi connectivity index (χ0v) is 10.1. The molecule has 0 bridgehead atoms. The number of fused-ring (bicyclic) bond motifs is 1. The fraction of sp³-hybridized carbons (Fsp3) is 0.273. The number of azide groups is 1. The molecule has 0 radical (unpaired) electrons. The van der Waals surface area contributed by atoms with Crippen LogP contribution >= 0.6 is 0 Å². The molecule has 2 atom stereocenters. The van der Waals surface area contributed by atoms with Crippen LogP contribution in [0, 0.1) is 0 Å². The van der Waals surface area contributed by atoms with Crippen molar-refractivity contribution in [2.24, 2.45) is 5.11 Å². The van der Waals surface area contributed by atoms with Crippen LogP contribution in [-0.2, 0) is 0 Å². The largest absolute Gasteiger partial charge is 0.419 e. The molecule has 0 fully saturated rings. The molecule has 0 aliphatic carbocycles. The van der Waals surface area contributed by atoms with Crippen molar-refractivity contribution < 1.29 is 14.6 Å². The molecule has 1 heterocycles. The van der Waals surface area contributed by atoms with Gasteiger partial charge in [0.1, 0.15) is 6.10 Å². The summed E-state index contributed by atoms with van der Waals surface area (Å²) in [5.74, 6) is -0.913. The van der Waals surface area contributed by atoms with Crippen LogP contribution in [0.15, 0.2) is 37.3 Å². The normalized spacial score (nSPS) is 13.7. The first-order valence-electron chi connectivity index (χ1n) is 5.57. The SMILES string of the molecule is [N-]=[N+]=NCC(O)C(O)c1cccc2[nH]c(=O)oc(=O)c12. The molecule has 0 saturated carbocycles. The molecule has 9 heteroatoms. The second-order valence-corrected chi connectivity index (χ2v) is 4.00. The van der Waals surface area contributed by atoms with Gasteiger partial charge in [-0.25, -0.2) is 9.59 Å². The minimum absolute atomic E-state index is 0.0420. The Bertz CT molecular complexity index is 789. The van der Waals surface area contributed by atoms with Gasteiger partial charge in [0, 0.05) is 4.91 Å². The van der Waals surface area contributed by atoms with E-state index in [0.717, 1.165) is 0 Å². The van der Waals surface area contributed by atoms with E-state index in [0.29, 0.717) is 0 Å². The molecule has 0 aliphatic rings. The van der Waals surface area contributed by atoms with Crippen molar-refractivity contribution in [1.29, 1.82) is 0 Å². The molecule has 2 aromatic rings. The van der Waals surface area contributed by atoms with Gasteiger partial charge in [0.05, 0.1) is 23.6 Å². The van der Waals surface area contributed by atoms with Gasteiger partial charge in [0.2, 0.25) is 0 Å². The van der Waals surface area contributed by atoms with Crippen LogP contribution in [0.3, 0.4) is 0 Å². The summed E-state index contributed by atoms with van der Waals surface area (Å²) in [7, 11) is 0. The van der Waals surface area contributed by atoms with Crippen LogP contribution < -0.4 is 11.4 Å². The van der Waals surface area contributed by atoms with E-state index in [1.807, 2.05) is 0 Å². The number of aliphatic hydroxyl groups is 2. The average Bonchev–Trinajstić information content (AvgIpc) is 2.42. The maximum absolute atomic E-state index is 11.7. The molecule has 2 rings (SSSR count). The predicted octanol–water partition coefficient (Wildman–Crippen LogP) is 0.186. The van der Waals surface area contributed by atoms with Crippen molar-refractivity contribution in [3.05, 3.63) is 55.2 Å². The maximum atomic E-state index is 11.7. The fourth-order valence-corrected chi connectivity index (χ4v) is 1.85. The molecule has 0 amide bonds. The Labute approximate surface area is 110 Å². The van der Waals surface area contributed by atoms with E-state index >= 15 is 0 Å². The molecule has 0 saturated heterocycles. The Morgan fingerprint density at radius 3 is 2.85 bits per heavy atom. The van der Waals surface area contributed by atoms with E-state index in [4.69, 9.17) is 5.53 Å². The maximum Gasteiger partial charge on any atom is 0.419 e. The van der Waals surface area contributed by atoms with Gasteiger partial charge < -0.3 is 14.6 Å². The first-order valence-corrected chi connectivity index (χ1v) is 5.57. The number of nitrogens with one attached hydrogen (secondary N) is 1. The van der Waals surface area contributed by atoms with Crippen LogP contribution in [0.1, 0.15) is 11.7 Å². The number of benzene rings is 1. The second kappa shape index (κ2) is 5.57. The quantitative estimate of drug-likeness (QED) is 0.414. The number of aromatic nitrogens is 1. The first-order chi connectivity index (χ1) is 9.54. The van der Waals surface area contributed by atoms with Crippen molar-refractivity contribution in [3.8, 4) is 0 Å². The molecule has 3 N–H and O–H groups in total. The zero-order chi connectivity index (χ0) is 14.7. The molecule has 1 aromatic carbocycles. The Balaban J connectivity index is 2.57. The minimum Gasteiger partial charge on any atom is -0.390 e. The van der Waals surface area contributed by atoms with Crippen LogP contribution in [0.5, 0.6) is 0 Å². The van der Waals surface area contributed by atoms with Gasteiger partial charge in [-0.15, -0.1) is 0 Å². The lowest BCUT2D eigenvalue weighted by atomic mass is 10.0. The van der Waals surface area contributed by atoms with E-state index in [2.05, 4.69) is 19.4 Å². The highest BCUT2D eigenvalue weighted by Crippen LogP contribution is 2.22. The molecular weight excluding hydrogens is 268 g/mol. The van der Waals surface area contributed by atoms with E-state index < -0.39 is 23.6 Å². The molecule has 2 unspecified atom stereocenters. The first kappa shape index (κ1) is 13.8. The summed E-state index contributed by atoms with van der Waals surface area (Å²) in [6.07, 6.45) is -2.85. The molecular formula is C11H10N4O5. The standard InChI is InChI=1S/C11H10N4O5/c12-15-13-4-7(16)9(17)5-2-1-3-6-8(5)10(18)20-11(19)14-6/h1-3,7,9,16-17H,4H2,(H,14,19). The molecule has 0 aliphatic heterocycles. The zero-order valence-electron chi connectivity index (χ0n) is 10.1. The lowest BCUT2D eigenvalue weighted by Crippen LogP contribution is -2.24. The van der Waals surface area contributed by atoms with E-state index in [1.54, 1.807) is 0 Å². The Kier molecular flexibility index (Phi) is 3.85. The monoisotopic (exact) mass is 278 g/mol. The molecule has 0 spiro atoms. The molecule has 20 heavy (non-hydrogen) atoms. The Morgan fingerprint density at radius 2 is 2.15 bits per heavy atom. The lowest BCUT2D eigenvalue weighted by Gasteiger charge is -2.17. The van der Waals surface area contributed by atoms with Gasteiger partial charge in [0.25, 0.3) is 0 Å². The van der Waals surface area contributed by atoms with Gasteiger partial charge in [0.15, 0.2) is 0 Å². The third-order valence-electron chi connectivity index (χ3n) is 2.74. The number of H-pyrrole nitrogens is 1. The van der Waals surface area contributed by atoms with Gasteiger partial charge in [-0.05, 0) is 17.2 Å². The summed E-state index contributed by atoms with van der Waals surface area (Å²) in [5, 5.41) is 22.8. The number of aromatic amines is 1. The van der Waals surface area contributed by atoms with Crippen molar-refractivity contribution in [1.82, 2.24) is 4.98 Å². The summed E-state index contributed by atoms with van der Waals surface area (Å²) in [6, 6.07) is 4.36. The molecule has 1 aromatic heterocycles. The predicted molar refractivity (Wildman–Crippen MR) is 68.1 cm³/mol. The van der Waals surface area contributed by atoms with Crippen LogP contribution in [0.2, 0.25) is 0 Å². The Hall–Kier alpha value is -2.61. The van der Waals surface area contributed by atoms with Crippen molar-refractivity contribution >= 4 is 10.9 Å². The summed E-state index contributed by atoms with van der Waals surface area (Å²) >= 11 is 0. The third-order valence-corrected chi connectivity index (χ3v) is 2.74. The fourth-order valence-electron chi connectivity index (χ4n) is 1.85. The average molecular weight is 278 g/mol. The number of hydrogen-bond acceptors (Lipinski definition) is 6. The lowest BCUT2D eigenvalue weighted by molar-refractivity contribution is 0.0252. The molecule has 104 valence electrons. The summed E-state index contributed by atoms with van der Waals surface area (Å²) in [5.41, 5.74) is 7.51. The number of hydrogen-bond donors (Lipinski definition) is 3. The Morgan fingerprint density at radius 1 is 1.40 bits per heavy atom. The minimum atomic E-state index is -1.46. The number of nitrogens with zero attached hydrogens (tertiary/aromatic N) is 3. The number of aliphatic hydroxyl groups excluding tert-OH is 2. The summed E-state index contributed by atoms with van der Waals surface area (Å²) < 4.78 is 4.40. The highest BCUT2D eigenvalue weighted by Gasteiger charge is 2.21. The highest BCUT2D eigenvalue weighted by molar-refractivity contribution is 5.81. The second-order valence-electron chi connectivity index (χ2n) is 4.00. The van der Waals surface area contributed by atoms with E-state index in [-0.39, 0.29) is 23.0 Å². The van der Waals surface area contributed by atoms with E-state index in [1.165, 1.54) is 18.2 Å². The van der Waals surface area contributed by atoms with Crippen molar-refractivity contribution in [2.45, 2.75) is 12.2 Å². The summed E-state index contributed by atoms with van der Waals surface area (Å²) in [6.45, 7) is -0.358. The summed E-state index contributed by atoms with van der Waals surface area (Å²) in [4.78, 5) is 27.6. The van der Waals surface area contributed by atoms with Gasteiger partial charge in [-0.3, -0.25) is 4.98 Å². The van der Waals surface area contributed by atoms with Gasteiger partial charge >= 0.3 is 11.4 Å². The van der Waals surface area contributed by atoms with Gasteiger partial charge in [-0.2, -0.15) is 0 Å². The number of rotatable bonds is 4. The van der Waals surface area contributed by atoms with Gasteiger partial charge in [-0.1, -0.05) is 17.2 Å². The van der Waals surface area contributed by atoms with Crippen LogP contribution in [-0.4, -0.2) is 27.8 Å². The molecule has 9 nitrogen and oxygen atoms in total. The third kappa shape index (κ3) is 2.54. The van der Waals surface area contributed by atoms with E-state index in [9.17, 15) is 19.8 Å². The van der Waals surface area contributed by atoms with Crippen molar-refractivity contribution in [3.63, 3.8) is 0 Å². The topological polar surface area (TPSA) is 152 Å². The smallest absolute Gasteiger partial charge is 0.390 e. The van der Waals surface area contributed by atoms with Crippen LogP contribution in [0.25, 0.3) is 21.3 Å².